The van der Waals surface area contributed by atoms with Crippen molar-refractivity contribution >= 4 is 5.97 Å². The van der Waals surface area contributed by atoms with Crippen LogP contribution >= 0.6 is 0 Å². The Morgan fingerprint density at radius 1 is 1.64 bits per heavy atom. The molecule has 14 heavy (non-hydrogen) atoms. The monoisotopic (exact) mass is 197 g/mol. The van der Waals surface area contributed by atoms with Crippen LogP contribution in [0.1, 0.15) is 18.9 Å². The van der Waals surface area contributed by atoms with E-state index in [0.717, 1.165) is 0 Å². The van der Waals surface area contributed by atoms with Gasteiger partial charge in [-0.1, -0.05) is 12.1 Å². The minimum Gasteiger partial charge on any atom is -0.481 e. The molecule has 0 bridgehead atoms. The largest absolute Gasteiger partial charge is 0.481 e. The minimum atomic E-state index is -1.03. The summed E-state index contributed by atoms with van der Waals surface area (Å²) in [6.45, 7) is 1.57. The van der Waals surface area contributed by atoms with Crippen LogP contribution < -0.4 is 5.73 Å². The molecule has 3 N–H and O–H groups in total. The Morgan fingerprint density at radius 2 is 2.29 bits per heavy atom. The number of carboxylic acid groups (broad SMARTS) is 1. The van der Waals surface area contributed by atoms with Crippen molar-refractivity contribution in [2.24, 2.45) is 5.73 Å². The predicted octanol–water partition coefficient (Wildman–Crippen LogP) is 1.47. The van der Waals surface area contributed by atoms with Gasteiger partial charge < -0.3 is 10.8 Å². The van der Waals surface area contributed by atoms with Gasteiger partial charge in [0.15, 0.2) is 0 Å². The van der Waals surface area contributed by atoms with Gasteiger partial charge in [-0.05, 0) is 24.6 Å². The zero-order valence-corrected chi connectivity index (χ0v) is 7.83. The first-order valence-electron chi connectivity index (χ1n) is 4.18. The molecule has 0 unspecified atom stereocenters. The van der Waals surface area contributed by atoms with Crippen LogP contribution in [0.25, 0.3) is 0 Å². The highest BCUT2D eigenvalue weighted by Gasteiger charge is 2.24. The lowest BCUT2D eigenvalue weighted by Crippen LogP contribution is -2.35. The standard InChI is InChI=1S/C10H12FNO2/c1-10(12,6-9(13)14)7-3-2-4-8(11)5-7/h2-5H,6,12H2,1H3,(H,13,14)/t10-/m0/s1. The van der Waals surface area contributed by atoms with Crippen LogP contribution in [0.4, 0.5) is 4.39 Å². The minimum absolute atomic E-state index is 0.226. The van der Waals surface area contributed by atoms with Crippen LogP contribution in [0, 0.1) is 5.82 Å². The summed E-state index contributed by atoms with van der Waals surface area (Å²) in [4.78, 5) is 10.5. The molecule has 0 aliphatic heterocycles. The summed E-state index contributed by atoms with van der Waals surface area (Å²) in [7, 11) is 0. The van der Waals surface area contributed by atoms with Gasteiger partial charge in [-0.25, -0.2) is 4.39 Å². The third-order valence-electron chi connectivity index (χ3n) is 2.00. The van der Waals surface area contributed by atoms with Gasteiger partial charge in [0, 0.05) is 5.54 Å². The smallest absolute Gasteiger partial charge is 0.305 e. The molecule has 0 aromatic heterocycles. The molecule has 0 saturated heterocycles. The number of hydrogen-bond donors (Lipinski definition) is 2. The highest BCUT2D eigenvalue weighted by molar-refractivity contribution is 5.68. The summed E-state index contributed by atoms with van der Waals surface area (Å²) < 4.78 is 12.8. The summed E-state index contributed by atoms with van der Waals surface area (Å²) in [5, 5.41) is 8.61. The summed E-state index contributed by atoms with van der Waals surface area (Å²) in [6.07, 6.45) is -0.226. The quantitative estimate of drug-likeness (QED) is 0.771. The van der Waals surface area contributed by atoms with Gasteiger partial charge in [-0.3, -0.25) is 4.79 Å². The second-order valence-electron chi connectivity index (χ2n) is 3.50. The van der Waals surface area contributed by atoms with E-state index in [9.17, 15) is 9.18 Å². The first kappa shape index (κ1) is 10.7. The molecular weight excluding hydrogens is 185 g/mol. The Balaban J connectivity index is 2.97. The highest BCUT2D eigenvalue weighted by Crippen LogP contribution is 2.21. The Labute approximate surface area is 81.4 Å². The van der Waals surface area contributed by atoms with E-state index < -0.39 is 17.3 Å². The molecule has 0 heterocycles. The number of benzene rings is 1. The SMILES string of the molecule is C[C@](N)(CC(=O)O)c1cccc(F)c1. The van der Waals surface area contributed by atoms with E-state index in [1.165, 1.54) is 18.2 Å². The summed E-state index contributed by atoms with van der Waals surface area (Å²) >= 11 is 0. The van der Waals surface area contributed by atoms with Gasteiger partial charge >= 0.3 is 5.97 Å². The van der Waals surface area contributed by atoms with Gasteiger partial charge in [0.25, 0.3) is 0 Å². The molecule has 76 valence electrons. The second kappa shape index (κ2) is 3.75. The maximum atomic E-state index is 12.8. The lowest BCUT2D eigenvalue weighted by Gasteiger charge is -2.22. The lowest BCUT2D eigenvalue weighted by molar-refractivity contribution is -0.138. The molecular formula is C10H12FNO2. The van der Waals surface area contributed by atoms with Crippen molar-refractivity contribution in [2.45, 2.75) is 18.9 Å². The van der Waals surface area contributed by atoms with E-state index in [0.29, 0.717) is 5.56 Å². The fourth-order valence-corrected chi connectivity index (χ4v) is 1.26. The van der Waals surface area contributed by atoms with Gasteiger partial charge in [-0.2, -0.15) is 0 Å². The average molecular weight is 197 g/mol. The van der Waals surface area contributed by atoms with Crippen LogP contribution in [-0.4, -0.2) is 11.1 Å². The molecule has 0 aliphatic rings. The highest BCUT2D eigenvalue weighted by atomic mass is 19.1. The first-order valence-corrected chi connectivity index (χ1v) is 4.18. The molecule has 1 atom stereocenters. The zero-order valence-electron chi connectivity index (χ0n) is 7.83. The van der Waals surface area contributed by atoms with Crippen LogP contribution in [0.3, 0.4) is 0 Å². The molecule has 0 radical (unpaired) electrons. The molecule has 0 fully saturated rings. The summed E-state index contributed by atoms with van der Waals surface area (Å²) in [6, 6.07) is 5.67. The van der Waals surface area contributed by atoms with Crippen molar-refractivity contribution < 1.29 is 14.3 Å². The average Bonchev–Trinajstić information content (AvgIpc) is 2.01. The molecule has 3 nitrogen and oxygen atoms in total. The predicted molar refractivity (Wildman–Crippen MR) is 50.2 cm³/mol. The maximum absolute atomic E-state index is 12.8. The van der Waals surface area contributed by atoms with E-state index in [1.807, 2.05) is 0 Å². The number of rotatable bonds is 3. The molecule has 1 aromatic carbocycles. The van der Waals surface area contributed by atoms with Gasteiger partial charge in [0.2, 0.25) is 0 Å². The molecule has 0 aliphatic carbocycles. The molecule has 0 spiro atoms. The molecule has 1 rings (SSSR count). The fraction of sp³-hybridized carbons (Fsp3) is 0.300. The van der Waals surface area contributed by atoms with E-state index in [2.05, 4.69) is 0 Å². The fourth-order valence-electron chi connectivity index (χ4n) is 1.26. The maximum Gasteiger partial charge on any atom is 0.305 e. The van der Waals surface area contributed by atoms with Crippen LogP contribution in [0.5, 0.6) is 0 Å². The summed E-state index contributed by atoms with van der Waals surface area (Å²) in [5.74, 6) is -1.41. The van der Waals surface area contributed by atoms with E-state index in [4.69, 9.17) is 10.8 Å². The van der Waals surface area contributed by atoms with Crippen LogP contribution in [0.15, 0.2) is 24.3 Å². The number of hydrogen-bond acceptors (Lipinski definition) is 2. The van der Waals surface area contributed by atoms with Crippen molar-refractivity contribution in [3.8, 4) is 0 Å². The molecule has 0 saturated carbocycles. The lowest BCUT2D eigenvalue weighted by atomic mass is 9.90. The van der Waals surface area contributed by atoms with Crippen molar-refractivity contribution in [3.05, 3.63) is 35.6 Å². The Kier molecular flexibility index (Phi) is 2.86. The van der Waals surface area contributed by atoms with Crippen molar-refractivity contribution in [1.29, 1.82) is 0 Å². The molecule has 4 heteroatoms. The number of nitrogens with two attached hydrogens (primary N) is 1. The Morgan fingerprint density at radius 3 is 2.79 bits per heavy atom. The van der Waals surface area contributed by atoms with E-state index >= 15 is 0 Å². The number of halogens is 1. The van der Waals surface area contributed by atoms with Crippen molar-refractivity contribution in [1.82, 2.24) is 0 Å². The zero-order chi connectivity index (χ0) is 10.8. The molecule has 0 amide bonds. The van der Waals surface area contributed by atoms with Crippen LogP contribution in [-0.2, 0) is 10.3 Å². The normalized spacial score (nSPS) is 14.8. The first-order chi connectivity index (χ1) is 6.42. The second-order valence-corrected chi connectivity index (χ2v) is 3.50. The van der Waals surface area contributed by atoms with Crippen molar-refractivity contribution in [3.63, 3.8) is 0 Å². The van der Waals surface area contributed by atoms with Crippen molar-refractivity contribution in [2.75, 3.05) is 0 Å². The van der Waals surface area contributed by atoms with Gasteiger partial charge in [0.1, 0.15) is 5.82 Å². The van der Waals surface area contributed by atoms with Gasteiger partial charge in [-0.15, -0.1) is 0 Å². The van der Waals surface area contributed by atoms with Gasteiger partial charge in [0.05, 0.1) is 6.42 Å². The van der Waals surface area contributed by atoms with E-state index in [1.54, 1.807) is 13.0 Å². The van der Waals surface area contributed by atoms with E-state index in [-0.39, 0.29) is 6.42 Å². The third kappa shape index (κ3) is 2.53. The molecule has 1 aromatic rings. The number of aliphatic carboxylic acids is 1. The summed E-state index contributed by atoms with van der Waals surface area (Å²) in [5.41, 5.74) is 5.21. The third-order valence-corrected chi connectivity index (χ3v) is 2.00. The van der Waals surface area contributed by atoms with Crippen LogP contribution in [0.2, 0.25) is 0 Å². The number of carbonyl (C=O) groups is 1. The number of carboxylic acids is 1. The topological polar surface area (TPSA) is 63.3 Å². The Bertz CT molecular complexity index is 350. The Hall–Kier alpha value is -1.42.